The van der Waals surface area contributed by atoms with Gasteiger partial charge in [-0.05, 0) is 12.5 Å². The fraction of sp³-hybridized carbons (Fsp3) is 0.300. The Kier molecular flexibility index (Phi) is 6.10. The number of halogens is 3. The molecule has 0 spiro atoms. The number of aliphatic hydroxyl groups excluding tert-OH is 1. The molecule has 0 bridgehead atoms. The first-order valence-corrected chi connectivity index (χ1v) is 10.6. The first-order chi connectivity index (χ1) is 14.5. The summed E-state index contributed by atoms with van der Waals surface area (Å²) in [5.74, 6) is -1.15. The van der Waals surface area contributed by atoms with Crippen molar-refractivity contribution in [3.63, 3.8) is 0 Å². The van der Waals surface area contributed by atoms with Crippen molar-refractivity contribution in [3.05, 3.63) is 76.5 Å². The Morgan fingerprint density at radius 1 is 1.29 bits per heavy atom. The number of hydrogen-bond donors (Lipinski definition) is 1. The average molecular weight is 455 g/mol. The largest absolute Gasteiger partial charge is 0.417 e. The fourth-order valence-electron chi connectivity index (χ4n) is 3.36. The lowest BCUT2D eigenvalue weighted by Crippen LogP contribution is -2.33. The Morgan fingerprint density at radius 3 is 2.45 bits per heavy atom. The standard InChI is InChI=1S/C20H20F3N3O4S/c1-3-18(13(2)20(21,22)23)31(29,30)26-10-15-9-25(11-17(15)24-26)19(28)16(12-27)14-7-5-4-6-8-14/h3-8,10,16,27H,2,9,11-12H2,1H3/b18-3+/t16-/m1/s1. The molecule has 1 aromatic heterocycles. The maximum atomic E-state index is 13.0. The maximum absolute atomic E-state index is 13.0. The van der Waals surface area contributed by atoms with Crippen molar-refractivity contribution in [1.29, 1.82) is 0 Å². The van der Waals surface area contributed by atoms with E-state index in [9.17, 15) is 31.5 Å². The second-order valence-electron chi connectivity index (χ2n) is 6.95. The number of aromatic nitrogens is 2. The quantitative estimate of drug-likeness (QED) is 0.677. The number of alkyl halides is 3. The number of nitrogens with zero attached hydrogens (tertiary/aromatic N) is 3. The molecule has 1 aliphatic heterocycles. The van der Waals surface area contributed by atoms with Crippen LogP contribution in [0, 0.1) is 0 Å². The van der Waals surface area contributed by atoms with Crippen molar-refractivity contribution in [2.75, 3.05) is 6.61 Å². The molecule has 11 heteroatoms. The van der Waals surface area contributed by atoms with Crippen LogP contribution in [0.25, 0.3) is 0 Å². The van der Waals surface area contributed by atoms with E-state index in [1.807, 2.05) is 0 Å². The number of carbonyl (C=O) groups excluding carboxylic acids is 1. The number of carbonyl (C=O) groups is 1. The van der Waals surface area contributed by atoms with Crippen LogP contribution >= 0.6 is 0 Å². The number of aliphatic hydroxyl groups is 1. The lowest BCUT2D eigenvalue weighted by molar-refractivity contribution is -0.134. The van der Waals surface area contributed by atoms with E-state index in [0.717, 1.165) is 12.3 Å². The van der Waals surface area contributed by atoms with Crippen molar-refractivity contribution in [3.8, 4) is 0 Å². The smallest absolute Gasteiger partial charge is 0.395 e. The van der Waals surface area contributed by atoms with Gasteiger partial charge in [-0.3, -0.25) is 4.79 Å². The molecule has 2 heterocycles. The maximum Gasteiger partial charge on any atom is 0.417 e. The van der Waals surface area contributed by atoms with Crippen LogP contribution in [0.15, 0.2) is 59.7 Å². The zero-order valence-electron chi connectivity index (χ0n) is 16.5. The number of amides is 1. The highest BCUT2D eigenvalue weighted by Gasteiger charge is 2.40. The first kappa shape index (κ1) is 22.8. The van der Waals surface area contributed by atoms with Gasteiger partial charge in [-0.15, -0.1) is 0 Å². The molecule has 31 heavy (non-hydrogen) atoms. The molecule has 0 saturated carbocycles. The SMILES string of the molecule is C=C(/C(=C\C)S(=O)(=O)n1cc2c(n1)CN(C(=O)[C@H](CO)c1ccccc1)C2)C(F)(F)F. The highest BCUT2D eigenvalue weighted by atomic mass is 32.2. The van der Waals surface area contributed by atoms with Crippen molar-refractivity contribution in [2.24, 2.45) is 0 Å². The third-order valence-corrected chi connectivity index (χ3v) is 6.70. The molecule has 0 aliphatic carbocycles. The monoisotopic (exact) mass is 455 g/mol. The summed E-state index contributed by atoms with van der Waals surface area (Å²) in [5.41, 5.74) is -0.198. The number of benzene rings is 1. The molecule has 0 radical (unpaired) electrons. The molecule has 1 atom stereocenters. The highest BCUT2D eigenvalue weighted by Crippen LogP contribution is 2.34. The summed E-state index contributed by atoms with van der Waals surface area (Å²) in [7, 11) is -4.61. The molecule has 1 aromatic carbocycles. The highest BCUT2D eigenvalue weighted by molar-refractivity contribution is 7.94. The van der Waals surface area contributed by atoms with E-state index in [-0.39, 0.29) is 24.7 Å². The second-order valence-corrected chi connectivity index (χ2v) is 8.71. The lowest BCUT2D eigenvalue weighted by Gasteiger charge is -2.22. The lowest BCUT2D eigenvalue weighted by atomic mass is 9.98. The van der Waals surface area contributed by atoms with E-state index < -0.39 is 39.2 Å². The van der Waals surface area contributed by atoms with E-state index in [1.54, 1.807) is 30.3 Å². The molecule has 0 unspecified atom stereocenters. The van der Waals surface area contributed by atoms with Gasteiger partial charge in [0.1, 0.15) is 0 Å². The zero-order valence-corrected chi connectivity index (χ0v) is 17.3. The van der Waals surface area contributed by atoms with Crippen LogP contribution < -0.4 is 0 Å². The van der Waals surface area contributed by atoms with Crippen LogP contribution in [0.3, 0.4) is 0 Å². The minimum Gasteiger partial charge on any atom is -0.395 e. The topological polar surface area (TPSA) is 92.5 Å². The predicted molar refractivity (Wildman–Crippen MR) is 106 cm³/mol. The molecule has 3 rings (SSSR count). The van der Waals surface area contributed by atoms with Gasteiger partial charge in [0, 0.05) is 18.3 Å². The number of fused-ring (bicyclic) bond motifs is 1. The summed E-state index contributed by atoms with van der Waals surface area (Å²) < 4.78 is 64.8. The van der Waals surface area contributed by atoms with Gasteiger partial charge in [0.25, 0.3) is 10.0 Å². The second kappa shape index (κ2) is 8.31. The molecule has 166 valence electrons. The molecule has 2 aromatic rings. The van der Waals surface area contributed by atoms with E-state index in [4.69, 9.17) is 0 Å². The van der Waals surface area contributed by atoms with Gasteiger partial charge >= 0.3 is 6.18 Å². The summed E-state index contributed by atoms with van der Waals surface area (Å²) in [4.78, 5) is 13.3. The molecule has 0 fully saturated rings. The van der Waals surface area contributed by atoms with Gasteiger partial charge < -0.3 is 10.0 Å². The minimum absolute atomic E-state index is 0.0224. The fourth-order valence-corrected chi connectivity index (χ4v) is 4.76. The first-order valence-electron chi connectivity index (χ1n) is 9.21. The summed E-state index contributed by atoms with van der Waals surface area (Å²) in [6, 6.07) is 8.70. The number of rotatable bonds is 6. The molecule has 1 aliphatic rings. The van der Waals surface area contributed by atoms with Crippen LogP contribution in [0.1, 0.15) is 29.7 Å². The van der Waals surface area contributed by atoms with E-state index >= 15 is 0 Å². The van der Waals surface area contributed by atoms with Crippen molar-refractivity contribution in [2.45, 2.75) is 32.1 Å². The normalized spacial score (nSPS) is 15.6. The summed E-state index contributed by atoms with van der Waals surface area (Å²) in [6.45, 7) is 3.62. The summed E-state index contributed by atoms with van der Waals surface area (Å²) in [5, 5.41) is 13.6. The predicted octanol–water partition coefficient (Wildman–Crippen LogP) is 2.70. The van der Waals surface area contributed by atoms with Gasteiger partial charge in [-0.25, -0.2) is 0 Å². The van der Waals surface area contributed by atoms with E-state index in [1.165, 1.54) is 11.8 Å². The Hall–Kier alpha value is -2.92. The van der Waals surface area contributed by atoms with E-state index in [0.29, 0.717) is 15.2 Å². The number of hydrogen-bond acceptors (Lipinski definition) is 5. The third-order valence-electron chi connectivity index (χ3n) is 4.98. The van der Waals surface area contributed by atoms with Gasteiger partial charge in [-0.1, -0.05) is 43.0 Å². The molecular weight excluding hydrogens is 435 g/mol. The summed E-state index contributed by atoms with van der Waals surface area (Å²) >= 11 is 0. The van der Waals surface area contributed by atoms with Gasteiger partial charge in [0.05, 0.1) is 35.2 Å². The Bertz CT molecular complexity index is 1110. The molecule has 0 saturated heterocycles. The van der Waals surface area contributed by atoms with Crippen LogP contribution in [-0.2, 0) is 27.9 Å². The minimum atomic E-state index is -4.91. The molecule has 1 N–H and O–H groups in total. The molecule has 7 nitrogen and oxygen atoms in total. The van der Waals surface area contributed by atoms with Crippen LogP contribution in [0.2, 0.25) is 0 Å². The Labute approximate surface area is 177 Å². The van der Waals surface area contributed by atoms with Gasteiger partial charge in [-0.2, -0.15) is 30.8 Å². The van der Waals surface area contributed by atoms with Crippen molar-refractivity contribution >= 4 is 15.9 Å². The van der Waals surface area contributed by atoms with Crippen LogP contribution in [0.5, 0.6) is 0 Å². The zero-order chi connectivity index (χ0) is 23.0. The number of allylic oxidation sites excluding steroid dienone is 2. The summed E-state index contributed by atoms with van der Waals surface area (Å²) in [6.07, 6.45) is -2.99. The Morgan fingerprint density at radius 2 is 1.94 bits per heavy atom. The van der Waals surface area contributed by atoms with Crippen molar-refractivity contribution in [1.82, 2.24) is 14.1 Å². The Balaban J connectivity index is 1.82. The van der Waals surface area contributed by atoms with Gasteiger partial charge in [0.15, 0.2) is 0 Å². The van der Waals surface area contributed by atoms with Crippen molar-refractivity contribution < 1.29 is 31.5 Å². The van der Waals surface area contributed by atoms with Gasteiger partial charge in [0.2, 0.25) is 5.91 Å². The van der Waals surface area contributed by atoms with E-state index in [2.05, 4.69) is 11.7 Å². The van der Waals surface area contributed by atoms with Crippen LogP contribution in [0.4, 0.5) is 13.2 Å². The average Bonchev–Trinajstić information content (AvgIpc) is 3.28. The third kappa shape index (κ3) is 4.28. The molecule has 1 amide bonds. The molecular formula is C20H20F3N3O4S. The van der Waals surface area contributed by atoms with Crippen LogP contribution in [-0.4, -0.2) is 46.3 Å².